The second kappa shape index (κ2) is 8.79. The molecule has 8 heteroatoms. The van der Waals surface area contributed by atoms with E-state index in [-0.39, 0.29) is 11.9 Å². The first-order valence-corrected chi connectivity index (χ1v) is 10.9. The van der Waals surface area contributed by atoms with Gasteiger partial charge in [-0.2, -0.15) is 0 Å². The zero-order chi connectivity index (χ0) is 21.1. The number of likely N-dealkylation sites (tertiary alicyclic amines) is 1. The molecule has 0 saturated carbocycles. The standard InChI is InChI=1S/C22H25N5O2S/c1-14-13-19(26-22-24-15(2)16(3)30-22)25-21(23-14)18-8-4-5-11-27(18)20(28)10-9-17-7-6-12-29-17/h6-7,9-10,12-13,18H,4-5,8,11H2,1-3H3,(H,23,24,25,26)/b10-9+. The van der Waals surface area contributed by atoms with Crippen molar-refractivity contribution < 1.29 is 9.21 Å². The topological polar surface area (TPSA) is 84.2 Å². The molecule has 0 aliphatic carbocycles. The van der Waals surface area contributed by atoms with E-state index in [0.717, 1.165) is 35.8 Å². The Balaban J connectivity index is 1.57. The summed E-state index contributed by atoms with van der Waals surface area (Å²) in [6.45, 7) is 6.68. The van der Waals surface area contributed by atoms with Gasteiger partial charge in [-0.05, 0) is 58.2 Å². The Hall–Kier alpha value is -3.00. The van der Waals surface area contributed by atoms with Crippen LogP contribution in [0.4, 0.5) is 10.9 Å². The van der Waals surface area contributed by atoms with E-state index in [4.69, 9.17) is 9.40 Å². The SMILES string of the molecule is Cc1cc(Nc2nc(C)c(C)s2)nc(C2CCCCN2C(=O)/C=C/c2ccco2)n1. The van der Waals surface area contributed by atoms with Crippen molar-refractivity contribution in [1.29, 1.82) is 0 Å². The summed E-state index contributed by atoms with van der Waals surface area (Å²) >= 11 is 1.60. The number of nitrogens with zero attached hydrogens (tertiary/aromatic N) is 4. The molecule has 1 amide bonds. The van der Waals surface area contributed by atoms with Gasteiger partial charge in [-0.1, -0.05) is 0 Å². The third-order valence-electron chi connectivity index (χ3n) is 5.15. The first kappa shape index (κ1) is 20.3. The predicted octanol–water partition coefficient (Wildman–Crippen LogP) is 4.96. The van der Waals surface area contributed by atoms with Crippen molar-refractivity contribution in [2.24, 2.45) is 0 Å². The van der Waals surface area contributed by atoms with E-state index in [1.54, 1.807) is 35.8 Å². The largest absolute Gasteiger partial charge is 0.465 e. The minimum absolute atomic E-state index is 0.0538. The third kappa shape index (κ3) is 4.59. The monoisotopic (exact) mass is 423 g/mol. The van der Waals surface area contributed by atoms with Gasteiger partial charge in [-0.3, -0.25) is 4.79 Å². The van der Waals surface area contributed by atoms with Crippen LogP contribution in [0.1, 0.15) is 53.2 Å². The van der Waals surface area contributed by atoms with Gasteiger partial charge in [-0.25, -0.2) is 15.0 Å². The smallest absolute Gasteiger partial charge is 0.247 e. The molecule has 1 aliphatic heterocycles. The maximum Gasteiger partial charge on any atom is 0.247 e. The summed E-state index contributed by atoms with van der Waals surface area (Å²) in [6, 6.07) is 5.38. The summed E-state index contributed by atoms with van der Waals surface area (Å²) in [5.74, 6) is 1.98. The number of rotatable bonds is 5. The van der Waals surface area contributed by atoms with Gasteiger partial charge in [0, 0.05) is 29.3 Å². The van der Waals surface area contributed by atoms with E-state index in [1.807, 2.05) is 30.9 Å². The molecule has 1 aliphatic rings. The minimum Gasteiger partial charge on any atom is -0.465 e. The first-order chi connectivity index (χ1) is 14.5. The fourth-order valence-electron chi connectivity index (χ4n) is 3.54. The number of thiazole rings is 1. The van der Waals surface area contributed by atoms with Gasteiger partial charge in [0.2, 0.25) is 5.91 Å². The molecule has 7 nitrogen and oxygen atoms in total. The number of carbonyl (C=O) groups excluding carboxylic acids is 1. The minimum atomic E-state index is -0.146. The van der Waals surface area contributed by atoms with Crippen molar-refractivity contribution in [3.8, 4) is 0 Å². The van der Waals surface area contributed by atoms with Crippen molar-refractivity contribution >= 4 is 34.3 Å². The maximum absolute atomic E-state index is 12.9. The Morgan fingerprint density at radius 3 is 2.87 bits per heavy atom. The molecule has 0 bridgehead atoms. The molecule has 0 aromatic carbocycles. The average Bonchev–Trinajstić information content (AvgIpc) is 3.35. The molecule has 3 aromatic rings. The summed E-state index contributed by atoms with van der Waals surface area (Å²) in [5.41, 5.74) is 1.87. The van der Waals surface area contributed by atoms with E-state index in [9.17, 15) is 4.79 Å². The summed E-state index contributed by atoms with van der Waals surface area (Å²) in [4.78, 5) is 29.9. The van der Waals surface area contributed by atoms with Gasteiger partial charge < -0.3 is 14.6 Å². The lowest BCUT2D eigenvalue weighted by atomic mass is 10.0. The third-order valence-corrected chi connectivity index (χ3v) is 6.14. The molecule has 0 radical (unpaired) electrons. The number of carbonyl (C=O) groups is 1. The van der Waals surface area contributed by atoms with Crippen molar-refractivity contribution in [3.63, 3.8) is 0 Å². The Labute approximate surface area is 179 Å². The van der Waals surface area contributed by atoms with E-state index in [0.29, 0.717) is 23.9 Å². The maximum atomic E-state index is 12.9. The summed E-state index contributed by atoms with van der Waals surface area (Å²) in [5, 5.41) is 4.11. The van der Waals surface area contributed by atoms with Gasteiger partial charge >= 0.3 is 0 Å². The molecule has 0 spiro atoms. The highest BCUT2D eigenvalue weighted by atomic mass is 32.1. The zero-order valence-electron chi connectivity index (χ0n) is 17.4. The van der Waals surface area contributed by atoms with Crippen LogP contribution < -0.4 is 5.32 Å². The molecule has 30 heavy (non-hydrogen) atoms. The van der Waals surface area contributed by atoms with Crippen LogP contribution in [0, 0.1) is 20.8 Å². The quantitative estimate of drug-likeness (QED) is 0.584. The van der Waals surface area contributed by atoms with Gasteiger partial charge in [0.05, 0.1) is 18.0 Å². The van der Waals surface area contributed by atoms with Crippen LogP contribution in [0.15, 0.2) is 35.0 Å². The molecule has 156 valence electrons. The summed E-state index contributed by atoms with van der Waals surface area (Å²) in [6.07, 6.45) is 7.72. The van der Waals surface area contributed by atoms with Crippen LogP contribution in [0.2, 0.25) is 0 Å². The Kier molecular flexibility index (Phi) is 5.94. The second-order valence-electron chi connectivity index (χ2n) is 7.43. The van der Waals surface area contributed by atoms with Crippen molar-refractivity contribution in [2.75, 3.05) is 11.9 Å². The number of hydrogen-bond acceptors (Lipinski definition) is 7. The summed E-state index contributed by atoms with van der Waals surface area (Å²) in [7, 11) is 0. The number of aryl methyl sites for hydroxylation is 3. The van der Waals surface area contributed by atoms with Crippen molar-refractivity contribution in [2.45, 2.75) is 46.1 Å². The molecule has 1 unspecified atom stereocenters. The highest BCUT2D eigenvalue weighted by Crippen LogP contribution is 2.31. The lowest BCUT2D eigenvalue weighted by Gasteiger charge is -2.34. The molecule has 4 heterocycles. The molecule has 1 atom stereocenters. The average molecular weight is 424 g/mol. The highest BCUT2D eigenvalue weighted by Gasteiger charge is 2.29. The number of amides is 1. The van der Waals surface area contributed by atoms with E-state index < -0.39 is 0 Å². The lowest BCUT2D eigenvalue weighted by molar-refractivity contribution is -0.129. The molecule has 4 rings (SSSR count). The van der Waals surface area contributed by atoms with Crippen LogP contribution in [0.5, 0.6) is 0 Å². The first-order valence-electron chi connectivity index (χ1n) is 10.1. The van der Waals surface area contributed by atoms with Crippen LogP contribution in [0.25, 0.3) is 6.08 Å². The molecule has 1 saturated heterocycles. The van der Waals surface area contributed by atoms with Gasteiger partial charge in [0.1, 0.15) is 11.6 Å². The van der Waals surface area contributed by atoms with E-state index in [2.05, 4.69) is 22.2 Å². The fourth-order valence-corrected chi connectivity index (χ4v) is 4.36. The molecule has 3 aromatic heterocycles. The van der Waals surface area contributed by atoms with Crippen LogP contribution in [-0.2, 0) is 4.79 Å². The second-order valence-corrected chi connectivity index (χ2v) is 8.63. The van der Waals surface area contributed by atoms with Crippen molar-refractivity contribution in [3.05, 3.63) is 58.4 Å². The van der Waals surface area contributed by atoms with Crippen LogP contribution >= 0.6 is 11.3 Å². The van der Waals surface area contributed by atoms with Gasteiger partial charge in [0.25, 0.3) is 0 Å². The van der Waals surface area contributed by atoms with Gasteiger partial charge in [0.15, 0.2) is 11.0 Å². The predicted molar refractivity (Wildman–Crippen MR) is 118 cm³/mol. The number of anilines is 2. The number of piperidine rings is 1. The highest BCUT2D eigenvalue weighted by molar-refractivity contribution is 7.15. The molecular formula is C22H25N5O2S. The molecular weight excluding hydrogens is 398 g/mol. The normalized spacial score (nSPS) is 16.9. The fraction of sp³-hybridized carbons (Fsp3) is 0.364. The summed E-state index contributed by atoms with van der Waals surface area (Å²) < 4.78 is 5.29. The van der Waals surface area contributed by atoms with Crippen LogP contribution in [0.3, 0.4) is 0 Å². The van der Waals surface area contributed by atoms with E-state index >= 15 is 0 Å². The number of furan rings is 1. The van der Waals surface area contributed by atoms with Crippen LogP contribution in [-0.4, -0.2) is 32.3 Å². The zero-order valence-corrected chi connectivity index (χ0v) is 18.2. The number of aromatic nitrogens is 3. The Morgan fingerprint density at radius 2 is 2.13 bits per heavy atom. The number of hydrogen-bond donors (Lipinski definition) is 1. The molecule has 1 fully saturated rings. The Morgan fingerprint density at radius 1 is 1.27 bits per heavy atom. The number of nitrogens with one attached hydrogen (secondary N) is 1. The van der Waals surface area contributed by atoms with Gasteiger partial charge in [-0.15, -0.1) is 11.3 Å². The van der Waals surface area contributed by atoms with E-state index in [1.165, 1.54) is 4.88 Å². The Bertz CT molecular complexity index is 1040. The molecule has 1 N–H and O–H groups in total. The lowest BCUT2D eigenvalue weighted by Crippen LogP contribution is -2.38. The van der Waals surface area contributed by atoms with Crippen molar-refractivity contribution in [1.82, 2.24) is 19.9 Å².